The summed E-state index contributed by atoms with van der Waals surface area (Å²) < 4.78 is 7.10. The first-order valence-electron chi connectivity index (χ1n) is 9.67. The van der Waals surface area contributed by atoms with Gasteiger partial charge < -0.3 is 10.1 Å². The van der Waals surface area contributed by atoms with E-state index in [2.05, 4.69) is 10.4 Å². The molecule has 1 heterocycles. The second-order valence-electron chi connectivity index (χ2n) is 7.06. The molecule has 3 aromatic rings. The van der Waals surface area contributed by atoms with Crippen molar-refractivity contribution in [1.82, 2.24) is 15.1 Å². The number of carbonyl (C=O) groups excluding carboxylic acids is 1. The van der Waals surface area contributed by atoms with E-state index in [1.54, 1.807) is 16.8 Å². The van der Waals surface area contributed by atoms with Crippen LogP contribution in [0, 0.1) is 0 Å². The number of nitrogens with one attached hydrogen (secondary N) is 1. The SMILES string of the molecule is O=C(COc1ccccc1)NCc1nn(C2CCCC2)c(=O)c2ccccc12. The Morgan fingerprint density at radius 3 is 2.46 bits per heavy atom. The highest BCUT2D eigenvalue weighted by Gasteiger charge is 2.21. The third kappa shape index (κ3) is 3.91. The minimum Gasteiger partial charge on any atom is -0.484 e. The van der Waals surface area contributed by atoms with Crippen LogP contribution in [0.3, 0.4) is 0 Å². The lowest BCUT2D eigenvalue weighted by Gasteiger charge is -2.16. The minimum absolute atomic E-state index is 0.0509. The fourth-order valence-corrected chi connectivity index (χ4v) is 3.70. The van der Waals surface area contributed by atoms with Crippen LogP contribution in [0.4, 0.5) is 0 Å². The van der Waals surface area contributed by atoms with Gasteiger partial charge in [0.1, 0.15) is 5.75 Å². The zero-order chi connectivity index (χ0) is 19.3. The summed E-state index contributed by atoms with van der Waals surface area (Å²) in [4.78, 5) is 25.1. The molecule has 0 atom stereocenters. The molecule has 0 spiro atoms. The third-order valence-corrected chi connectivity index (χ3v) is 5.14. The Labute approximate surface area is 163 Å². The maximum absolute atomic E-state index is 12.9. The van der Waals surface area contributed by atoms with Gasteiger partial charge in [0.05, 0.1) is 23.7 Å². The standard InChI is InChI=1S/C22H23N3O3/c26-21(15-28-17-10-2-1-3-11-17)23-14-20-18-12-6-7-13-19(18)22(27)25(24-20)16-8-4-5-9-16/h1-3,6-7,10-13,16H,4-5,8-9,14-15H2,(H,23,26). The number of carbonyl (C=O) groups is 1. The van der Waals surface area contributed by atoms with Crippen molar-refractivity contribution in [3.05, 3.63) is 70.6 Å². The molecule has 1 amide bonds. The summed E-state index contributed by atoms with van der Waals surface area (Å²) in [6.45, 7) is 0.189. The van der Waals surface area contributed by atoms with E-state index in [0.29, 0.717) is 16.8 Å². The zero-order valence-corrected chi connectivity index (χ0v) is 15.6. The molecule has 144 valence electrons. The second kappa shape index (κ2) is 8.25. The maximum Gasteiger partial charge on any atom is 0.274 e. The average molecular weight is 377 g/mol. The van der Waals surface area contributed by atoms with Crippen molar-refractivity contribution in [1.29, 1.82) is 0 Å². The summed E-state index contributed by atoms with van der Waals surface area (Å²) >= 11 is 0. The zero-order valence-electron chi connectivity index (χ0n) is 15.6. The van der Waals surface area contributed by atoms with Crippen molar-refractivity contribution in [3.8, 4) is 5.75 Å². The number of rotatable bonds is 6. The third-order valence-electron chi connectivity index (χ3n) is 5.14. The molecule has 6 heteroatoms. The van der Waals surface area contributed by atoms with E-state index in [0.717, 1.165) is 31.1 Å². The first kappa shape index (κ1) is 18.2. The Kier molecular flexibility index (Phi) is 5.37. The van der Waals surface area contributed by atoms with Gasteiger partial charge in [-0.2, -0.15) is 5.10 Å². The first-order chi connectivity index (χ1) is 13.7. The number of aromatic nitrogens is 2. The molecule has 1 aromatic heterocycles. The summed E-state index contributed by atoms with van der Waals surface area (Å²) in [5.74, 6) is 0.421. The number of hydrogen-bond donors (Lipinski definition) is 1. The van der Waals surface area contributed by atoms with Gasteiger partial charge >= 0.3 is 0 Å². The second-order valence-corrected chi connectivity index (χ2v) is 7.06. The molecule has 0 saturated heterocycles. The molecule has 0 unspecified atom stereocenters. The molecular weight excluding hydrogens is 354 g/mol. The Morgan fingerprint density at radius 1 is 1.04 bits per heavy atom. The molecule has 28 heavy (non-hydrogen) atoms. The number of ether oxygens (including phenoxy) is 1. The van der Waals surface area contributed by atoms with Gasteiger partial charge in [-0.15, -0.1) is 0 Å². The molecule has 0 radical (unpaired) electrons. The van der Waals surface area contributed by atoms with E-state index < -0.39 is 0 Å². The topological polar surface area (TPSA) is 73.2 Å². The van der Waals surface area contributed by atoms with Crippen LogP contribution in [-0.2, 0) is 11.3 Å². The molecule has 1 saturated carbocycles. The van der Waals surface area contributed by atoms with Crippen LogP contribution in [0.5, 0.6) is 5.75 Å². The van der Waals surface area contributed by atoms with Crippen LogP contribution < -0.4 is 15.6 Å². The van der Waals surface area contributed by atoms with Crippen molar-refractivity contribution in [3.63, 3.8) is 0 Å². The molecule has 4 rings (SSSR count). The summed E-state index contributed by atoms with van der Waals surface area (Å²) in [6.07, 6.45) is 4.19. The van der Waals surface area contributed by atoms with E-state index in [1.807, 2.05) is 42.5 Å². The number of benzene rings is 2. The van der Waals surface area contributed by atoms with Crippen molar-refractivity contribution in [2.45, 2.75) is 38.3 Å². The van der Waals surface area contributed by atoms with Gasteiger partial charge in [0.2, 0.25) is 0 Å². The summed E-state index contributed by atoms with van der Waals surface area (Å²) in [5, 5.41) is 8.91. The lowest BCUT2D eigenvalue weighted by Crippen LogP contribution is -2.32. The average Bonchev–Trinajstić information content (AvgIpc) is 3.27. The molecular formula is C22H23N3O3. The molecule has 1 aliphatic carbocycles. The molecule has 1 aliphatic rings. The van der Waals surface area contributed by atoms with Crippen LogP contribution in [0.2, 0.25) is 0 Å². The largest absolute Gasteiger partial charge is 0.484 e. The monoisotopic (exact) mass is 377 g/mol. The van der Waals surface area contributed by atoms with E-state index in [1.165, 1.54) is 0 Å². The number of nitrogens with zero attached hydrogens (tertiary/aromatic N) is 2. The van der Waals surface area contributed by atoms with Crippen molar-refractivity contribution < 1.29 is 9.53 Å². The fraction of sp³-hybridized carbons (Fsp3) is 0.318. The number of para-hydroxylation sites is 1. The van der Waals surface area contributed by atoms with Gasteiger partial charge in [0, 0.05) is 5.39 Å². The van der Waals surface area contributed by atoms with Gasteiger partial charge in [-0.05, 0) is 31.0 Å². The van der Waals surface area contributed by atoms with Gasteiger partial charge in [0.15, 0.2) is 6.61 Å². The van der Waals surface area contributed by atoms with Crippen molar-refractivity contribution in [2.24, 2.45) is 0 Å². The fourth-order valence-electron chi connectivity index (χ4n) is 3.70. The van der Waals surface area contributed by atoms with Crippen molar-refractivity contribution in [2.75, 3.05) is 6.61 Å². The first-order valence-corrected chi connectivity index (χ1v) is 9.67. The molecule has 2 aromatic carbocycles. The van der Waals surface area contributed by atoms with E-state index >= 15 is 0 Å². The predicted molar refractivity (Wildman–Crippen MR) is 107 cm³/mol. The van der Waals surface area contributed by atoms with E-state index in [-0.39, 0.29) is 30.7 Å². The summed E-state index contributed by atoms with van der Waals surface area (Å²) in [6, 6.07) is 16.8. The Balaban J connectivity index is 1.52. The summed E-state index contributed by atoms with van der Waals surface area (Å²) in [7, 11) is 0. The Hall–Kier alpha value is -3.15. The van der Waals surface area contributed by atoms with Crippen LogP contribution >= 0.6 is 0 Å². The lowest BCUT2D eigenvalue weighted by molar-refractivity contribution is -0.123. The maximum atomic E-state index is 12.9. The van der Waals surface area contributed by atoms with Gasteiger partial charge in [-0.3, -0.25) is 9.59 Å². The van der Waals surface area contributed by atoms with E-state index in [9.17, 15) is 9.59 Å². The number of fused-ring (bicyclic) bond motifs is 1. The van der Waals surface area contributed by atoms with Crippen LogP contribution in [0.25, 0.3) is 10.8 Å². The predicted octanol–water partition coefficient (Wildman–Crippen LogP) is 3.21. The lowest BCUT2D eigenvalue weighted by atomic mass is 10.1. The highest BCUT2D eigenvalue weighted by Crippen LogP contribution is 2.28. The molecule has 0 bridgehead atoms. The highest BCUT2D eigenvalue weighted by atomic mass is 16.5. The molecule has 0 aliphatic heterocycles. The quantitative estimate of drug-likeness (QED) is 0.716. The van der Waals surface area contributed by atoms with Crippen molar-refractivity contribution >= 4 is 16.7 Å². The molecule has 6 nitrogen and oxygen atoms in total. The normalized spacial score (nSPS) is 14.3. The highest BCUT2D eigenvalue weighted by molar-refractivity contribution is 5.84. The smallest absolute Gasteiger partial charge is 0.274 e. The van der Waals surface area contributed by atoms with Gasteiger partial charge in [-0.1, -0.05) is 49.2 Å². The van der Waals surface area contributed by atoms with Gasteiger partial charge in [-0.25, -0.2) is 4.68 Å². The number of hydrogen-bond acceptors (Lipinski definition) is 4. The molecule has 1 N–H and O–H groups in total. The van der Waals surface area contributed by atoms with Gasteiger partial charge in [0.25, 0.3) is 11.5 Å². The molecule has 1 fully saturated rings. The summed E-state index contributed by atoms with van der Waals surface area (Å²) in [5.41, 5.74) is 0.653. The van der Waals surface area contributed by atoms with Crippen LogP contribution in [-0.4, -0.2) is 22.3 Å². The van der Waals surface area contributed by atoms with Crippen LogP contribution in [0.15, 0.2) is 59.4 Å². The van der Waals surface area contributed by atoms with E-state index in [4.69, 9.17) is 4.74 Å². The van der Waals surface area contributed by atoms with Crippen LogP contribution in [0.1, 0.15) is 37.4 Å². The Morgan fingerprint density at radius 2 is 1.71 bits per heavy atom. The Bertz CT molecular complexity index is 1020. The minimum atomic E-state index is -0.228. The number of amides is 1.